The first kappa shape index (κ1) is 9.44. The molecule has 3 heteroatoms. The predicted molar refractivity (Wildman–Crippen MR) is 51.9 cm³/mol. The van der Waals surface area contributed by atoms with Crippen LogP contribution in [0, 0.1) is 0 Å². The lowest BCUT2D eigenvalue weighted by atomic mass is 10.3. The van der Waals surface area contributed by atoms with Crippen molar-refractivity contribution < 1.29 is 0 Å². The van der Waals surface area contributed by atoms with Gasteiger partial charge in [0.05, 0.1) is 0 Å². The van der Waals surface area contributed by atoms with Gasteiger partial charge in [0.15, 0.2) is 0 Å². The summed E-state index contributed by atoms with van der Waals surface area (Å²) in [6, 6.07) is 0. The molecule has 0 amide bonds. The fraction of sp³-hybridized carbons (Fsp3) is 1.00. The van der Waals surface area contributed by atoms with Crippen molar-refractivity contribution in [1.82, 2.24) is 9.34 Å². The molecule has 0 atom stereocenters. The van der Waals surface area contributed by atoms with Crippen LogP contribution in [0.2, 0.25) is 0 Å². The van der Waals surface area contributed by atoms with Crippen LogP contribution < -0.4 is 0 Å². The van der Waals surface area contributed by atoms with Crippen LogP contribution in [0.4, 0.5) is 0 Å². The van der Waals surface area contributed by atoms with E-state index in [-0.39, 0.29) is 8.22 Å². The molecular weight excluding hydrogens is 155 g/mol. The molecule has 0 radical (unpaired) electrons. The molecule has 0 bridgehead atoms. The van der Waals surface area contributed by atoms with Gasteiger partial charge in [-0.15, -0.1) is 0 Å². The van der Waals surface area contributed by atoms with Crippen molar-refractivity contribution in [1.29, 1.82) is 0 Å². The van der Waals surface area contributed by atoms with E-state index in [9.17, 15) is 0 Å². The van der Waals surface area contributed by atoms with Crippen LogP contribution in [-0.4, -0.2) is 41.7 Å². The molecule has 1 rings (SSSR count). The third-order valence-corrected chi connectivity index (χ3v) is 4.89. The zero-order valence-electron chi connectivity index (χ0n) is 8.26. The average molecular weight is 174 g/mol. The van der Waals surface area contributed by atoms with Crippen LogP contribution in [0.1, 0.15) is 20.8 Å². The molecule has 0 aromatic rings. The Kier molecular flexibility index (Phi) is 2.58. The molecule has 1 fully saturated rings. The van der Waals surface area contributed by atoms with E-state index in [2.05, 4.69) is 44.2 Å². The second-order valence-corrected chi connectivity index (χ2v) is 7.51. The van der Waals surface area contributed by atoms with Crippen molar-refractivity contribution in [3.05, 3.63) is 0 Å². The summed E-state index contributed by atoms with van der Waals surface area (Å²) in [4.78, 5) is 0. The van der Waals surface area contributed by atoms with E-state index in [1.807, 2.05) is 0 Å². The number of nitrogens with zero attached hydrogens (tertiary/aromatic N) is 2. The highest BCUT2D eigenvalue weighted by Gasteiger charge is 2.35. The van der Waals surface area contributed by atoms with E-state index in [0.29, 0.717) is 5.16 Å². The third kappa shape index (κ3) is 1.93. The lowest BCUT2D eigenvalue weighted by Crippen LogP contribution is -2.24. The second kappa shape index (κ2) is 3.01. The van der Waals surface area contributed by atoms with E-state index >= 15 is 0 Å². The number of hydrogen-bond acceptors (Lipinski definition) is 2. The molecule has 0 aromatic heterocycles. The molecular formula is C8H19N2P. The summed E-state index contributed by atoms with van der Waals surface area (Å²) in [5.74, 6) is 0. The van der Waals surface area contributed by atoms with Gasteiger partial charge in [-0.3, -0.25) is 9.34 Å². The molecule has 1 saturated heterocycles. The first-order valence-electron chi connectivity index (χ1n) is 4.15. The lowest BCUT2D eigenvalue weighted by Gasteiger charge is -2.36. The fourth-order valence-corrected chi connectivity index (χ4v) is 4.89. The Morgan fingerprint density at radius 3 is 1.55 bits per heavy atom. The highest BCUT2D eigenvalue weighted by atomic mass is 31.1. The van der Waals surface area contributed by atoms with Crippen LogP contribution >= 0.6 is 8.22 Å². The minimum Gasteiger partial charge on any atom is -0.271 e. The van der Waals surface area contributed by atoms with Gasteiger partial charge in [-0.2, -0.15) is 0 Å². The van der Waals surface area contributed by atoms with Gasteiger partial charge < -0.3 is 0 Å². The Morgan fingerprint density at radius 1 is 1.00 bits per heavy atom. The van der Waals surface area contributed by atoms with Crippen molar-refractivity contribution in [2.45, 2.75) is 25.9 Å². The molecule has 0 N–H and O–H groups in total. The minimum atomic E-state index is -0.0419. The number of likely N-dealkylation sites (N-methyl/N-ethyl adjacent to an activating group) is 2. The molecule has 0 aromatic carbocycles. The monoisotopic (exact) mass is 174 g/mol. The summed E-state index contributed by atoms with van der Waals surface area (Å²) >= 11 is 0. The van der Waals surface area contributed by atoms with Crippen molar-refractivity contribution >= 4 is 8.22 Å². The molecule has 11 heavy (non-hydrogen) atoms. The van der Waals surface area contributed by atoms with Crippen LogP contribution in [0.15, 0.2) is 0 Å². The lowest BCUT2D eigenvalue weighted by molar-refractivity contribution is 0.553. The van der Waals surface area contributed by atoms with Gasteiger partial charge in [-0.1, -0.05) is 20.8 Å². The fourth-order valence-electron chi connectivity index (χ4n) is 1.76. The average Bonchev–Trinajstić information content (AvgIpc) is 2.08. The Bertz CT molecular complexity index is 132. The highest BCUT2D eigenvalue weighted by molar-refractivity contribution is 7.54. The summed E-state index contributed by atoms with van der Waals surface area (Å²) in [6.45, 7) is 9.46. The Hall–Kier alpha value is 0.350. The van der Waals surface area contributed by atoms with E-state index in [0.717, 1.165) is 0 Å². The SMILES string of the molecule is CN1CCN(C)P1C(C)(C)C. The Balaban J connectivity index is 2.69. The highest BCUT2D eigenvalue weighted by Crippen LogP contribution is 2.56. The molecule has 66 valence electrons. The smallest absolute Gasteiger partial charge is 0.0447 e. The number of hydrogen-bond donors (Lipinski definition) is 0. The topological polar surface area (TPSA) is 6.48 Å². The zero-order valence-corrected chi connectivity index (χ0v) is 9.15. The van der Waals surface area contributed by atoms with Crippen molar-refractivity contribution in [3.63, 3.8) is 0 Å². The molecule has 0 aliphatic carbocycles. The normalized spacial score (nSPS) is 24.8. The summed E-state index contributed by atoms with van der Waals surface area (Å²) in [5, 5.41) is 0.440. The maximum atomic E-state index is 2.50. The van der Waals surface area contributed by atoms with E-state index in [1.54, 1.807) is 0 Å². The van der Waals surface area contributed by atoms with E-state index in [4.69, 9.17) is 0 Å². The maximum absolute atomic E-state index is 2.50. The van der Waals surface area contributed by atoms with Gasteiger partial charge in [0.2, 0.25) is 0 Å². The maximum Gasteiger partial charge on any atom is 0.0447 e. The standard InChI is InChI=1S/C8H19N2P/c1-8(2,3)11-9(4)6-7-10(11)5/h6-7H2,1-5H3. The van der Waals surface area contributed by atoms with E-state index in [1.165, 1.54) is 13.1 Å². The first-order valence-corrected chi connectivity index (χ1v) is 5.40. The molecule has 1 aliphatic rings. The van der Waals surface area contributed by atoms with Crippen LogP contribution in [-0.2, 0) is 0 Å². The molecule has 2 nitrogen and oxygen atoms in total. The van der Waals surface area contributed by atoms with Crippen molar-refractivity contribution in [2.24, 2.45) is 0 Å². The second-order valence-electron chi connectivity index (χ2n) is 4.22. The van der Waals surface area contributed by atoms with Gasteiger partial charge in [0.1, 0.15) is 0 Å². The zero-order chi connectivity index (χ0) is 8.65. The number of rotatable bonds is 0. The summed E-state index contributed by atoms with van der Waals surface area (Å²) in [6.07, 6.45) is 0. The third-order valence-electron chi connectivity index (χ3n) is 1.99. The van der Waals surface area contributed by atoms with Gasteiger partial charge in [0, 0.05) is 26.5 Å². The van der Waals surface area contributed by atoms with Gasteiger partial charge in [-0.05, 0) is 14.1 Å². The molecule has 1 heterocycles. The van der Waals surface area contributed by atoms with E-state index < -0.39 is 0 Å². The van der Waals surface area contributed by atoms with Crippen molar-refractivity contribution in [3.8, 4) is 0 Å². The van der Waals surface area contributed by atoms with Crippen LogP contribution in [0.3, 0.4) is 0 Å². The van der Waals surface area contributed by atoms with Gasteiger partial charge in [0.25, 0.3) is 0 Å². The van der Waals surface area contributed by atoms with Crippen LogP contribution in [0.25, 0.3) is 0 Å². The first-order chi connectivity index (χ1) is 4.93. The predicted octanol–water partition coefficient (Wildman–Crippen LogP) is 1.97. The molecule has 0 unspecified atom stereocenters. The van der Waals surface area contributed by atoms with Crippen molar-refractivity contribution in [2.75, 3.05) is 27.2 Å². The van der Waals surface area contributed by atoms with Gasteiger partial charge in [-0.25, -0.2) is 0 Å². The summed E-state index contributed by atoms with van der Waals surface area (Å²) in [7, 11) is 4.43. The minimum absolute atomic E-state index is 0.0419. The summed E-state index contributed by atoms with van der Waals surface area (Å²) in [5.41, 5.74) is 0. The quantitative estimate of drug-likeness (QED) is 0.518. The largest absolute Gasteiger partial charge is 0.271 e. The molecule has 0 spiro atoms. The summed E-state index contributed by atoms with van der Waals surface area (Å²) < 4.78 is 4.99. The molecule has 0 saturated carbocycles. The molecule has 1 aliphatic heterocycles. The Labute approximate surface area is 71.4 Å². The Morgan fingerprint density at radius 2 is 1.36 bits per heavy atom. The van der Waals surface area contributed by atoms with Gasteiger partial charge >= 0.3 is 0 Å². The van der Waals surface area contributed by atoms with Crippen LogP contribution in [0.5, 0.6) is 0 Å².